The van der Waals surface area contributed by atoms with Crippen LogP contribution in [0.15, 0.2) is 12.4 Å². The fourth-order valence-corrected chi connectivity index (χ4v) is 3.29. The standard InChI is InChI=1S/C15H23N3O2/c1-11-3-5-13(20-11)15(19)17(2)9-12-4-6-14-16-7-8-18(14)10-12/h7-8,11-13H,3-6,9-10H2,1-2H3. The van der Waals surface area contributed by atoms with E-state index in [-0.39, 0.29) is 18.1 Å². The maximum Gasteiger partial charge on any atom is 0.251 e. The molecule has 0 radical (unpaired) electrons. The number of likely N-dealkylation sites (N-methyl/N-ethyl adjacent to an activating group) is 1. The Balaban J connectivity index is 1.54. The highest BCUT2D eigenvalue weighted by Gasteiger charge is 2.31. The van der Waals surface area contributed by atoms with Crippen molar-refractivity contribution in [2.45, 2.75) is 51.4 Å². The van der Waals surface area contributed by atoms with Crippen LogP contribution in [-0.2, 0) is 22.5 Å². The number of aryl methyl sites for hydroxylation is 1. The second kappa shape index (κ2) is 5.56. The first-order chi connectivity index (χ1) is 9.63. The lowest BCUT2D eigenvalue weighted by molar-refractivity contribution is -0.141. The molecule has 3 unspecified atom stereocenters. The van der Waals surface area contributed by atoms with Gasteiger partial charge in [0.05, 0.1) is 6.10 Å². The molecule has 2 aliphatic heterocycles. The van der Waals surface area contributed by atoms with Crippen LogP contribution in [0.5, 0.6) is 0 Å². The first-order valence-corrected chi connectivity index (χ1v) is 7.54. The van der Waals surface area contributed by atoms with Crippen molar-refractivity contribution in [2.75, 3.05) is 13.6 Å². The Morgan fingerprint density at radius 1 is 1.50 bits per heavy atom. The van der Waals surface area contributed by atoms with Crippen LogP contribution in [0.3, 0.4) is 0 Å². The molecule has 0 saturated carbocycles. The number of carbonyl (C=O) groups is 1. The van der Waals surface area contributed by atoms with Crippen molar-refractivity contribution in [3.05, 3.63) is 18.2 Å². The molecule has 0 bridgehead atoms. The highest BCUT2D eigenvalue weighted by molar-refractivity contribution is 5.80. The number of fused-ring (bicyclic) bond motifs is 1. The number of rotatable bonds is 3. The van der Waals surface area contributed by atoms with Gasteiger partial charge in [-0.15, -0.1) is 0 Å². The molecule has 3 heterocycles. The zero-order valence-electron chi connectivity index (χ0n) is 12.3. The summed E-state index contributed by atoms with van der Waals surface area (Å²) in [5, 5.41) is 0. The second-order valence-electron chi connectivity index (χ2n) is 6.13. The van der Waals surface area contributed by atoms with Crippen molar-refractivity contribution < 1.29 is 9.53 Å². The van der Waals surface area contributed by atoms with Gasteiger partial charge in [-0.2, -0.15) is 0 Å². The van der Waals surface area contributed by atoms with Gasteiger partial charge in [0.2, 0.25) is 0 Å². The fourth-order valence-electron chi connectivity index (χ4n) is 3.29. The molecule has 1 amide bonds. The summed E-state index contributed by atoms with van der Waals surface area (Å²) in [7, 11) is 1.90. The minimum atomic E-state index is -0.220. The Hall–Kier alpha value is -1.36. The number of ether oxygens (including phenoxy) is 1. The van der Waals surface area contributed by atoms with Gasteiger partial charge in [-0.1, -0.05) is 0 Å². The summed E-state index contributed by atoms with van der Waals surface area (Å²) in [5.74, 6) is 1.83. The van der Waals surface area contributed by atoms with Gasteiger partial charge in [0.1, 0.15) is 11.9 Å². The number of nitrogens with zero attached hydrogens (tertiary/aromatic N) is 3. The van der Waals surface area contributed by atoms with E-state index < -0.39 is 0 Å². The zero-order valence-corrected chi connectivity index (χ0v) is 12.3. The summed E-state index contributed by atoms with van der Waals surface area (Å²) >= 11 is 0. The summed E-state index contributed by atoms with van der Waals surface area (Å²) in [4.78, 5) is 18.5. The molecule has 1 aromatic heterocycles. The summed E-state index contributed by atoms with van der Waals surface area (Å²) in [6.45, 7) is 3.81. The summed E-state index contributed by atoms with van der Waals surface area (Å²) in [6.07, 6.45) is 7.87. The van der Waals surface area contributed by atoms with Gasteiger partial charge in [-0.05, 0) is 32.1 Å². The molecule has 3 rings (SSSR count). The molecule has 1 fully saturated rings. The predicted molar refractivity (Wildman–Crippen MR) is 75.2 cm³/mol. The van der Waals surface area contributed by atoms with E-state index in [0.717, 1.165) is 38.8 Å². The van der Waals surface area contributed by atoms with Crippen molar-refractivity contribution >= 4 is 5.91 Å². The Labute approximate surface area is 119 Å². The molecule has 3 atom stereocenters. The fraction of sp³-hybridized carbons (Fsp3) is 0.733. The van der Waals surface area contributed by atoms with Crippen LogP contribution in [0.25, 0.3) is 0 Å². The lowest BCUT2D eigenvalue weighted by atomic mass is 9.98. The molecule has 0 spiro atoms. The van der Waals surface area contributed by atoms with E-state index in [1.54, 1.807) is 0 Å². The molecular weight excluding hydrogens is 254 g/mol. The Bertz CT molecular complexity index is 485. The number of carbonyl (C=O) groups excluding carboxylic acids is 1. The van der Waals surface area contributed by atoms with E-state index in [9.17, 15) is 4.79 Å². The van der Waals surface area contributed by atoms with Crippen LogP contribution >= 0.6 is 0 Å². The molecule has 1 aromatic rings. The number of imidazole rings is 1. The third-order valence-corrected chi connectivity index (χ3v) is 4.45. The molecule has 0 aromatic carbocycles. The smallest absolute Gasteiger partial charge is 0.251 e. The maximum absolute atomic E-state index is 12.3. The van der Waals surface area contributed by atoms with Crippen LogP contribution < -0.4 is 0 Å². The van der Waals surface area contributed by atoms with E-state index in [1.807, 2.05) is 31.3 Å². The molecule has 110 valence electrons. The minimum absolute atomic E-state index is 0.144. The van der Waals surface area contributed by atoms with Crippen LogP contribution in [0.2, 0.25) is 0 Å². The first kappa shape index (κ1) is 13.6. The topological polar surface area (TPSA) is 47.4 Å². The number of hydrogen-bond acceptors (Lipinski definition) is 3. The normalized spacial score (nSPS) is 29.2. The minimum Gasteiger partial charge on any atom is -0.365 e. The Morgan fingerprint density at radius 3 is 3.10 bits per heavy atom. The van der Waals surface area contributed by atoms with E-state index in [2.05, 4.69) is 9.55 Å². The monoisotopic (exact) mass is 277 g/mol. The van der Waals surface area contributed by atoms with Crippen molar-refractivity contribution in [2.24, 2.45) is 5.92 Å². The third kappa shape index (κ3) is 2.73. The number of hydrogen-bond donors (Lipinski definition) is 0. The molecule has 0 N–H and O–H groups in total. The van der Waals surface area contributed by atoms with E-state index in [4.69, 9.17) is 4.74 Å². The largest absolute Gasteiger partial charge is 0.365 e. The lowest BCUT2D eigenvalue weighted by Crippen LogP contribution is -2.40. The third-order valence-electron chi connectivity index (χ3n) is 4.45. The Kier molecular flexibility index (Phi) is 3.78. The zero-order chi connectivity index (χ0) is 14.1. The van der Waals surface area contributed by atoms with Gasteiger partial charge in [-0.25, -0.2) is 4.98 Å². The molecular formula is C15H23N3O2. The van der Waals surface area contributed by atoms with Crippen LogP contribution in [0, 0.1) is 5.92 Å². The SMILES string of the molecule is CC1CCC(C(=O)N(C)CC2CCc3nccn3C2)O1. The number of aromatic nitrogens is 2. The van der Waals surface area contributed by atoms with Gasteiger partial charge in [-0.3, -0.25) is 4.79 Å². The Morgan fingerprint density at radius 2 is 2.35 bits per heavy atom. The lowest BCUT2D eigenvalue weighted by Gasteiger charge is -2.29. The van der Waals surface area contributed by atoms with E-state index in [0.29, 0.717) is 5.92 Å². The van der Waals surface area contributed by atoms with Crippen molar-refractivity contribution in [1.82, 2.24) is 14.5 Å². The van der Waals surface area contributed by atoms with Crippen molar-refractivity contribution in [3.63, 3.8) is 0 Å². The van der Waals surface area contributed by atoms with E-state index >= 15 is 0 Å². The van der Waals surface area contributed by atoms with Gasteiger partial charge < -0.3 is 14.2 Å². The van der Waals surface area contributed by atoms with Gasteiger partial charge in [0.25, 0.3) is 5.91 Å². The van der Waals surface area contributed by atoms with Crippen LogP contribution in [-0.4, -0.2) is 46.2 Å². The predicted octanol–water partition coefficient (Wildman–Crippen LogP) is 1.47. The average Bonchev–Trinajstić information content (AvgIpc) is 3.05. The maximum atomic E-state index is 12.3. The molecule has 1 saturated heterocycles. The summed E-state index contributed by atoms with van der Waals surface area (Å²) in [6, 6.07) is 0. The summed E-state index contributed by atoms with van der Waals surface area (Å²) in [5.41, 5.74) is 0. The van der Waals surface area contributed by atoms with E-state index in [1.165, 1.54) is 5.82 Å². The molecule has 5 heteroatoms. The van der Waals surface area contributed by atoms with Crippen molar-refractivity contribution in [3.8, 4) is 0 Å². The highest BCUT2D eigenvalue weighted by atomic mass is 16.5. The van der Waals surface area contributed by atoms with Crippen LogP contribution in [0.4, 0.5) is 0 Å². The van der Waals surface area contributed by atoms with Gasteiger partial charge in [0, 0.05) is 39.0 Å². The van der Waals surface area contributed by atoms with Crippen molar-refractivity contribution in [1.29, 1.82) is 0 Å². The second-order valence-corrected chi connectivity index (χ2v) is 6.13. The highest BCUT2D eigenvalue weighted by Crippen LogP contribution is 2.23. The van der Waals surface area contributed by atoms with Crippen LogP contribution in [0.1, 0.15) is 32.0 Å². The molecule has 5 nitrogen and oxygen atoms in total. The quantitative estimate of drug-likeness (QED) is 0.840. The molecule has 20 heavy (non-hydrogen) atoms. The average molecular weight is 277 g/mol. The number of amides is 1. The molecule has 0 aliphatic carbocycles. The summed E-state index contributed by atoms with van der Waals surface area (Å²) < 4.78 is 7.88. The van der Waals surface area contributed by atoms with Gasteiger partial charge in [0.15, 0.2) is 0 Å². The molecule has 2 aliphatic rings. The first-order valence-electron chi connectivity index (χ1n) is 7.54. The van der Waals surface area contributed by atoms with Gasteiger partial charge >= 0.3 is 0 Å².